The summed E-state index contributed by atoms with van der Waals surface area (Å²) >= 11 is 2.00. The number of piperidine rings is 1. The molecule has 0 aromatic rings. The van der Waals surface area contributed by atoms with Gasteiger partial charge in [0.25, 0.3) is 0 Å². The zero-order valence-electron chi connectivity index (χ0n) is 11.2. The molecule has 0 saturated carbocycles. The Kier molecular flexibility index (Phi) is 4.03. The quantitative estimate of drug-likeness (QED) is 0.775. The lowest BCUT2D eigenvalue weighted by Gasteiger charge is -2.41. The molecule has 0 radical (unpaired) electrons. The molecule has 2 aliphatic rings. The van der Waals surface area contributed by atoms with E-state index in [-0.39, 0.29) is 5.41 Å². The van der Waals surface area contributed by atoms with Gasteiger partial charge in [-0.2, -0.15) is 11.8 Å². The first-order valence-electron chi connectivity index (χ1n) is 6.67. The standard InChI is InChI=1S/C13H24N2OS/c1-10-8-15(9-11(2)17-10)12(16)13(3)4-6-14-7-5-13/h10-11,14H,4-9H2,1-3H3. The van der Waals surface area contributed by atoms with Crippen molar-refractivity contribution in [2.75, 3.05) is 26.2 Å². The van der Waals surface area contributed by atoms with Gasteiger partial charge in [0.15, 0.2) is 0 Å². The first-order chi connectivity index (χ1) is 8.01. The van der Waals surface area contributed by atoms with Crippen LogP contribution in [0.15, 0.2) is 0 Å². The lowest BCUT2D eigenvalue weighted by atomic mass is 9.79. The first-order valence-corrected chi connectivity index (χ1v) is 7.61. The fraction of sp³-hybridized carbons (Fsp3) is 0.923. The molecule has 2 atom stereocenters. The molecule has 3 nitrogen and oxygen atoms in total. The van der Waals surface area contributed by atoms with Crippen LogP contribution in [-0.2, 0) is 4.79 Å². The van der Waals surface area contributed by atoms with Crippen molar-refractivity contribution in [3.8, 4) is 0 Å². The molecule has 0 aromatic carbocycles. The molecule has 2 fully saturated rings. The molecule has 0 aliphatic carbocycles. The summed E-state index contributed by atoms with van der Waals surface area (Å²) in [6, 6.07) is 0. The normalized spacial score (nSPS) is 33.5. The molecule has 2 heterocycles. The third kappa shape index (κ3) is 2.97. The van der Waals surface area contributed by atoms with Gasteiger partial charge >= 0.3 is 0 Å². The van der Waals surface area contributed by atoms with Crippen LogP contribution in [0.4, 0.5) is 0 Å². The maximum atomic E-state index is 12.7. The molecule has 4 heteroatoms. The van der Waals surface area contributed by atoms with Crippen LogP contribution in [0.3, 0.4) is 0 Å². The maximum absolute atomic E-state index is 12.7. The molecular weight excluding hydrogens is 232 g/mol. The van der Waals surface area contributed by atoms with Crippen molar-refractivity contribution in [3.63, 3.8) is 0 Å². The molecule has 0 bridgehead atoms. The van der Waals surface area contributed by atoms with Gasteiger partial charge in [-0.1, -0.05) is 20.8 Å². The average molecular weight is 256 g/mol. The molecule has 2 unspecified atom stereocenters. The van der Waals surface area contributed by atoms with Crippen molar-refractivity contribution in [2.24, 2.45) is 5.41 Å². The molecule has 2 saturated heterocycles. The van der Waals surface area contributed by atoms with Gasteiger partial charge in [0.2, 0.25) is 5.91 Å². The predicted octanol–water partition coefficient (Wildman–Crippen LogP) is 1.73. The van der Waals surface area contributed by atoms with Crippen LogP contribution >= 0.6 is 11.8 Å². The molecule has 2 rings (SSSR count). The Morgan fingerprint density at radius 1 is 1.24 bits per heavy atom. The second-order valence-corrected chi connectivity index (χ2v) is 7.66. The Labute approximate surface area is 109 Å². The number of carbonyl (C=O) groups is 1. The van der Waals surface area contributed by atoms with Crippen LogP contribution < -0.4 is 5.32 Å². The van der Waals surface area contributed by atoms with Crippen LogP contribution in [0.5, 0.6) is 0 Å². The third-order valence-corrected chi connectivity index (χ3v) is 5.16. The van der Waals surface area contributed by atoms with Gasteiger partial charge in [0.05, 0.1) is 0 Å². The van der Waals surface area contributed by atoms with E-state index in [0.29, 0.717) is 16.4 Å². The van der Waals surface area contributed by atoms with Crippen LogP contribution in [0.1, 0.15) is 33.6 Å². The number of nitrogens with one attached hydrogen (secondary N) is 1. The SMILES string of the molecule is CC1CN(C(=O)C2(C)CCNCC2)CC(C)S1. The van der Waals surface area contributed by atoms with Crippen LogP contribution in [0, 0.1) is 5.41 Å². The number of rotatable bonds is 1. The third-order valence-electron chi connectivity index (χ3n) is 3.93. The van der Waals surface area contributed by atoms with E-state index in [2.05, 4.69) is 31.0 Å². The zero-order chi connectivity index (χ0) is 12.5. The van der Waals surface area contributed by atoms with Crippen molar-refractivity contribution >= 4 is 17.7 Å². The van der Waals surface area contributed by atoms with Crippen LogP contribution in [0.2, 0.25) is 0 Å². The fourth-order valence-corrected chi connectivity index (χ4v) is 4.24. The Hall–Kier alpha value is -0.220. The Balaban J connectivity index is 2.03. The maximum Gasteiger partial charge on any atom is 0.228 e. The highest BCUT2D eigenvalue weighted by atomic mass is 32.2. The van der Waals surface area contributed by atoms with E-state index in [4.69, 9.17) is 0 Å². The van der Waals surface area contributed by atoms with E-state index in [0.717, 1.165) is 39.0 Å². The highest BCUT2D eigenvalue weighted by molar-refractivity contribution is 8.00. The lowest BCUT2D eigenvalue weighted by Crippen LogP contribution is -2.52. The molecular formula is C13H24N2OS. The monoisotopic (exact) mass is 256 g/mol. The number of hydrogen-bond donors (Lipinski definition) is 1. The summed E-state index contributed by atoms with van der Waals surface area (Å²) in [5.74, 6) is 0.387. The van der Waals surface area contributed by atoms with Gasteiger partial charge in [-0.25, -0.2) is 0 Å². The van der Waals surface area contributed by atoms with Gasteiger partial charge in [0, 0.05) is 29.0 Å². The molecule has 2 aliphatic heterocycles. The molecule has 17 heavy (non-hydrogen) atoms. The molecule has 0 aromatic heterocycles. The lowest BCUT2D eigenvalue weighted by molar-refractivity contribution is -0.142. The first kappa shape index (κ1) is 13.2. The Morgan fingerprint density at radius 2 is 1.76 bits per heavy atom. The molecule has 1 N–H and O–H groups in total. The zero-order valence-corrected chi connectivity index (χ0v) is 12.0. The predicted molar refractivity (Wildman–Crippen MR) is 73.3 cm³/mol. The van der Waals surface area contributed by atoms with Crippen molar-refractivity contribution in [3.05, 3.63) is 0 Å². The summed E-state index contributed by atoms with van der Waals surface area (Å²) < 4.78 is 0. The van der Waals surface area contributed by atoms with Gasteiger partial charge < -0.3 is 10.2 Å². The highest BCUT2D eigenvalue weighted by Gasteiger charge is 2.39. The minimum absolute atomic E-state index is 0.118. The average Bonchev–Trinajstić information content (AvgIpc) is 2.27. The van der Waals surface area contributed by atoms with Crippen molar-refractivity contribution in [2.45, 2.75) is 44.1 Å². The smallest absolute Gasteiger partial charge is 0.228 e. The molecule has 0 spiro atoms. The van der Waals surface area contributed by atoms with Crippen molar-refractivity contribution in [1.82, 2.24) is 10.2 Å². The summed E-state index contributed by atoms with van der Waals surface area (Å²) in [7, 11) is 0. The summed E-state index contributed by atoms with van der Waals surface area (Å²) in [6.45, 7) is 10.4. The van der Waals surface area contributed by atoms with Gasteiger partial charge in [-0.3, -0.25) is 4.79 Å². The number of nitrogens with zero attached hydrogens (tertiary/aromatic N) is 1. The van der Waals surface area contributed by atoms with E-state index in [1.807, 2.05) is 11.8 Å². The number of hydrogen-bond acceptors (Lipinski definition) is 3. The van der Waals surface area contributed by atoms with Crippen molar-refractivity contribution in [1.29, 1.82) is 0 Å². The second kappa shape index (κ2) is 5.19. The number of thioether (sulfide) groups is 1. The van der Waals surface area contributed by atoms with Crippen molar-refractivity contribution < 1.29 is 4.79 Å². The highest BCUT2D eigenvalue weighted by Crippen LogP contribution is 2.33. The number of amides is 1. The van der Waals surface area contributed by atoms with E-state index in [9.17, 15) is 4.79 Å². The van der Waals surface area contributed by atoms with E-state index in [1.54, 1.807) is 0 Å². The van der Waals surface area contributed by atoms with E-state index >= 15 is 0 Å². The topological polar surface area (TPSA) is 32.3 Å². The summed E-state index contributed by atoms with van der Waals surface area (Å²) in [4.78, 5) is 14.8. The van der Waals surface area contributed by atoms with Crippen LogP contribution in [-0.4, -0.2) is 47.5 Å². The van der Waals surface area contributed by atoms with Gasteiger partial charge in [-0.15, -0.1) is 0 Å². The van der Waals surface area contributed by atoms with Gasteiger partial charge in [-0.05, 0) is 25.9 Å². The fourth-order valence-electron chi connectivity index (χ4n) is 2.92. The van der Waals surface area contributed by atoms with Gasteiger partial charge in [0.1, 0.15) is 0 Å². The summed E-state index contributed by atoms with van der Waals surface area (Å²) in [5.41, 5.74) is -0.118. The van der Waals surface area contributed by atoms with E-state index in [1.165, 1.54) is 0 Å². The molecule has 1 amide bonds. The Bertz CT molecular complexity index is 279. The largest absolute Gasteiger partial charge is 0.340 e. The minimum Gasteiger partial charge on any atom is -0.340 e. The molecule has 98 valence electrons. The summed E-state index contributed by atoms with van der Waals surface area (Å²) in [5, 5.41) is 4.49. The van der Waals surface area contributed by atoms with Crippen LogP contribution in [0.25, 0.3) is 0 Å². The van der Waals surface area contributed by atoms with E-state index < -0.39 is 0 Å². The number of carbonyl (C=O) groups excluding carboxylic acids is 1. The Morgan fingerprint density at radius 3 is 2.29 bits per heavy atom. The second-order valence-electron chi connectivity index (χ2n) is 5.78. The minimum atomic E-state index is -0.118. The summed E-state index contributed by atoms with van der Waals surface area (Å²) in [6.07, 6.45) is 1.97.